The SMILES string of the molecule is O=C(Nc1cccc2ccccc12)/C(=C/c1ccccc1Cl)c1ccccc1. The summed E-state index contributed by atoms with van der Waals surface area (Å²) in [5, 5.41) is 5.76. The number of rotatable bonds is 4. The normalized spacial score (nSPS) is 11.4. The fourth-order valence-corrected chi connectivity index (χ4v) is 3.36. The minimum absolute atomic E-state index is 0.178. The van der Waals surface area contributed by atoms with Crippen LogP contribution < -0.4 is 5.32 Å². The first-order valence-electron chi connectivity index (χ1n) is 9.03. The molecule has 0 heterocycles. The van der Waals surface area contributed by atoms with E-state index in [1.165, 1.54) is 0 Å². The van der Waals surface area contributed by atoms with Crippen molar-refractivity contribution in [1.82, 2.24) is 0 Å². The lowest BCUT2D eigenvalue weighted by Gasteiger charge is -2.12. The molecule has 0 fully saturated rings. The van der Waals surface area contributed by atoms with Gasteiger partial charge in [-0.25, -0.2) is 0 Å². The van der Waals surface area contributed by atoms with Crippen LogP contribution in [0.1, 0.15) is 11.1 Å². The summed E-state index contributed by atoms with van der Waals surface area (Å²) in [6.45, 7) is 0. The number of amides is 1. The van der Waals surface area contributed by atoms with Gasteiger partial charge < -0.3 is 5.32 Å². The second-order valence-electron chi connectivity index (χ2n) is 6.43. The van der Waals surface area contributed by atoms with E-state index in [0.29, 0.717) is 10.6 Å². The monoisotopic (exact) mass is 383 g/mol. The molecule has 0 aliphatic carbocycles. The first-order valence-corrected chi connectivity index (χ1v) is 9.41. The summed E-state index contributed by atoms with van der Waals surface area (Å²) >= 11 is 6.32. The number of benzene rings is 4. The second-order valence-corrected chi connectivity index (χ2v) is 6.83. The Hall–Kier alpha value is -3.36. The Labute approximate surface area is 169 Å². The molecule has 1 N–H and O–H groups in total. The molecule has 0 spiro atoms. The third-order valence-electron chi connectivity index (χ3n) is 4.57. The van der Waals surface area contributed by atoms with Gasteiger partial charge in [0.1, 0.15) is 0 Å². The quantitative estimate of drug-likeness (QED) is 0.309. The fourth-order valence-electron chi connectivity index (χ4n) is 3.17. The average Bonchev–Trinajstić information content (AvgIpc) is 2.74. The molecular formula is C25H18ClNO. The van der Waals surface area contributed by atoms with Crippen molar-refractivity contribution >= 4 is 45.6 Å². The first kappa shape index (κ1) is 18.0. The molecular weight excluding hydrogens is 366 g/mol. The van der Waals surface area contributed by atoms with Gasteiger partial charge in [-0.15, -0.1) is 0 Å². The van der Waals surface area contributed by atoms with Gasteiger partial charge in [0.05, 0.1) is 0 Å². The Morgan fingerprint density at radius 1 is 0.750 bits per heavy atom. The Morgan fingerprint density at radius 3 is 2.25 bits per heavy atom. The largest absolute Gasteiger partial charge is 0.321 e. The van der Waals surface area contributed by atoms with Gasteiger partial charge in [-0.1, -0.05) is 96.5 Å². The summed E-state index contributed by atoms with van der Waals surface area (Å²) in [4.78, 5) is 13.2. The highest BCUT2D eigenvalue weighted by Gasteiger charge is 2.14. The third-order valence-corrected chi connectivity index (χ3v) is 4.92. The van der Waals surface area contributed by atoms with Crippen molar-refractivity contribution < 1.29 is 4.79 Å². The molecule has 0 saturated heterocycles. The van der Waals surface area contributed by atoms with Crippen LogP contribution in [0.25, 0.3) is 22.4 Å². The van der Waals surface area contributed by atoms with E-state index in [4.69, 9.17) is 11.6 Å². The van der Waals surface area contributed by atoms with Crippen molar-refractivity contribution in [2.45, 2.75) is 0 Å². The van der Waals surface area contributed by atoms with Crippen molar-refractivity contribution in [1.29, 1.82) is 0 Å². The zero-order valence-electron chi connectivity index (χ0n) is 15.1. The van der Waals surface area contributed by atoms with Gasteiger partial charge in [0.2, 0.25) is 0 Å². The molecule has 0 bridgehead atoms. The number of anilines is 1. The second kappa shape index (κ2) is 8.12. The molecule has 1 amide bonds. The van der Waals surface area contributed by atoms with Gasteiger partial charge in [0, 0.05) is 21.7 Å². The number of hydrogen-bond donors (Lipinski definition) is 1. The molecule has 3 heteroatoms. The van der Waals surface area contributed by atoms with Gasteiger partial charge in [0.15, 0.2) is 0 Å². The lowest BCUT2D eigenvalue weighted by molar-refractivity contribution is -0.111. The van der Waals surface area contributed by atoms with Crippen LogP contribution in [0.15, 0.2) is 97.1 Å². The highest BCUT2D eigenvalue weighted by Crippen LogP contribution is 2.27. The molecule has 28 heavy (non-hydrogen) atoms. The maximum absolute atomic E-state index is 13.2. The molecule has 136 valence electrons. The minimum atomic E-state index is -0.178. The third kappa shape index (κ3) is 3.83. The van der Waals surface area contributed by atoms with E-state index in [0.717, 1.165) is 27.6 Å². The van der Waals surface area contributed by atoms with E-state index < -0.39 is 0 Å². The molecule has 0 radical (unpaired) electrons. The Balaban J connectivity index is 1.76. The summed E-state index contributed by atoms with van der Waals surface area (Å²) in [5.41, 5.74) is 2.97. The number of halogens is 1. The van der Waals surface area contributed by atoms with E-state index in [-0.39, 0.29) is 5.91 Å². The topological polar surface area (TPSA) is 29.1 Å². The van der Waals surface area contributed by atoms with Crippen LogP contribution in [-0.2, 0) is 4.79 Å². The average molecular weight is 384 g/mol. The molecule has 4 rings (SSSR count). The van der Waals surface area contributed by atoms with Gasteiger partial charge in [-0.05, 0) is 34.7 Å². The molecule has 4 aromatic carbocycles. The number of nitrogens with one attached hydrogen (secondary N) is 1. The standard InChI is InChI=1S/C25H18ClNO/c26-23-15-7-5-12-20(23)17-22(19-9-2-1-3-10-19)25(28)27-24-16-8-13-18-11-4-6-14-21(18)24/h1-17H,(H,27,28)/b22-17+. The first-order chi connectivity index (χ1) is 13.7. The number of hydrogen-bond acceptors (Lipinski definition) is 1. The zero-order valence-corrected chi connectivity index (χ0v) is 15.9. The molecule has 2 nitrogen and oxygen atoms in total. The molecule has 0 unspecified atom stereocenters. The van der Waals surface area contributed by atoms with E-state index >= 15 is 0 Å². The molecule has 0 saturated carbocycles. The lowest BCUT2D eigenvalue weighted by Crippen LogP contribution is -2.14. The minimum Gasteiger partial charge on any atom is -0.321 e. The van der Waals surface area contributed by atoms with Crippen LogP contribution in [-0.4, -0.2) is 5.91 Å². The summed E-state index contributed by atoms with van der Waals surface area (Å²) in [6.07, 6.45) is 1.83. The van der Waals surface area contributed by atoms with Crippen molar-refractivity contribution in [3.05, 3.63) is 113 Å². The van der Waals surface area contributed by atoms with Gasteiger partial charge in [-0.2, -0.15) is 0 Å². The molecule has 4 aromatic rings. The zero-order chi connectivity index (χ0) is 19.3. The Morgan fingerprint density at radius 2 is 1.43 bits per heavy atom. The van der Waals surface area contributed by atoms with Crippen molar-refractivity contribution in [3.8, 4) is 0 Å². The van der Waals surface area contributed by atoms with Crippen molar-refractivity contribution in [3.63, 3.8) is 0 Å². The van der Waals surface area contributed by atoms with Gasteiger partial charge >= 0.3 is 0 Å². The Bertz CT molecular complexity index is 1160. The van der Waals surface area contributed by atoms with Crippen molar-refractivity contribution in [2.24, 2.45) is 0 Å². The predicted molar refractivity (Wildman–Crippen MR) is 118 cm³/mol. The van der Waals surface area contributed by atoms with Crippen molar-refractivity contribution in [2.75, 3.05) is 5.32 Å². The summed E-state index contributed by atoms with van der Waals surface area (Å²) < 4.78 is 0. The lowest BCUT2D eigenvalue weighted by atomic mass is 10.0. The summed E-state index contributed by atoms with van der Waals surface area (Å²) in [6, 6.07) is 31.0. The molecule has 0 aromatic heterocycles. The highest BCUT2D eigenvalue weighted by atomic mass is 35.5. The van der Waals surface area contributed by atoms with E-state index in [2.05, 4.69) is 5.32 Å². The van der Waals surface area contributed by atoms with Crippen LogP contribution in [0.4, 0.5) is 5.69 Å². The predicted octanol–water partition coefficient (Wildman–Crippen LogP) is 6.67. The van der Waals surface area contributed by atoms with E-state index in [1.54, 1.807) is 0 Å². The molecule has 0 aliphatic rings. The fraction of sp³-hybridized carbons (Fsp3) is 0. The Kier molecular flexibility index (Phi) is 5.22. The van der Waals surface area contributed by atoms with Crippen LogP contribution in [0.2, 0.25) is 5.02 Å². The summed E-state index contributed by atoms with van der Waals surface area (Å²) in [5.74, 6) is -0.178. The van der Waals surface area contributed by atoms with Crippen LogP contribution in [0.5, 0.6) is 0 Å². The maximum atomic E-state index is 13.2. The smallest absolute Gasteiger partial charge is 0.256 e. The van der Waals surface area contributed by atoms with E-state index in [9.17, 15) is 4.79 Å². The highest BCUT2D eigenvalue weighted by molar-refractivity contribution is 6.34. The number of fused-ring (bicyclic) bond motifs is 1. The number of carbonyl (C=O) groups excluding carboxylic acids is 1. The van der Waals surface area contributed by atoms with Crippen LogP contribution >= 0.6 is 11.6 Å². The van der Waals surface area contributed by atoms with Crippen LogP contribution in [0, 0.1) is 0 Å². The number of carbonyl (C=O) groups is 1. The van der Waals surface area contributed by atoms with Gasteiger partial charge in [-0.3, -0.25) is 4.79 Å². The van der Waals surface area contributed by atoms with Crippen LogP contribution in [0.3, 0.4) is 0 Å². The molecule has 0 atom stereocenters. The van der Waals surface area contributed by atoms with Gasteiger partial charge in [0.25, 0.3) is 5.91 Å². The summed E-state index contributed by atoms with van der Waals surface area (Å²) in [7, 11) is 0. The molecule has 0 aliphatic heterocycles. The maximum Gasteiger partial charge on any atom is 0.256 e. The van der Waals surface area contributed by atoms with E-state index in [1.807, 2.05) is 103 Å².